The van der Waals surface area contributed by atoms with Crippen LogP contribution in [-0.4, -0.2) is 30.7 Å². The molecule has 1 heterocycles. The topological polar surface area (TPSA) is 76.4 Å². The standard InChI is InChI=1S/C15H23N3O3/c1-2-7-21-15-9-13(8-14(10-15)18(19)20)17-12-5-3-4-6-16-11-12/h8-10,12,16-17H,2-7,11H2,1H3. The lowest BCUT2D eigenvalue weighted by Gasteiger charge is -2.18. The lowest BCUT2D eigenvalue weighted by molar-refractivity contribution is -0.384. The van der Waals surface area contributed by atoms with Gasteiger partial charge in [-0.25, -0.2) is 0 Å². The van der Waals surface area contributed by atoms with E-state index in [1.807, 2.05) is 13.0 Å². The van der Waals surface area contributed by atoms with E-state index in [9.17, 15) is 10.1 Å². The third-order valence-electron chi connectivity index (χ3n) is 3.49. The van der Waals surface area contributed by atoms with Crippen LogP contribution in [0.1, 0.15) is 32.6 Å². The van der Waals surface area contributed by atoms with Gasteiger partial charge in [-0.2, -0.15) is 0 Å². The molecule has 1 saturated heterocycles. The van der Waals surface area contributed by atoms with E-state index in [1.165, 1.54) is 18.9 Å². The Bertz CT molecular complexity index is 471. The van der Waals surface area contributed by atoms with E-state index in [4.69, 9.17) is 4.74 Å². The van der Waals surface area contributed by atoms with Crippen molar-refractivity contribution in [2.24, 2.45) is 0 Å². The van der Waals surface area contributed by atoms with E-state index in [0.717, 1.165) is 31.6 Å². The van der Waals surface area contributed by atoms with Crippen molar-refractivity contribution in [2.45, 2.75) is 38.6 Å². The van der Waals surface area contributed by atoms with Crippen molar-refractivity contribution in [3.63, 3.8) is 0 Å². The summed E-state index contributed by atoms with van der Waals surface area (Å²) in [7, 11) is 0. The fourth-order valence-electron chi connectivity index (χ4n) is 2.45. The number of ether oxygens (including phenoxy) is 1. The summed E-state index contributed by atoms with van der Waals surface area (Å²) in [5, 5.41) is 17.8. The van der Waals surface area contributed by atoms with Gasteiger partial charge in [0.1, 0.15) is 5.75 Å². The van der Waals surface area contributed by atoms with E-state index in [0.29, 0.717) is 18.4 Å². The predicted molar refractivity (Wildman–Crippen MR) is 83.0 cm³/mol. The molecule has 0 spiro atoms. The highest BCUT2D eigenvalue weighted by atomic mass is 16.6. The normalized spacial score (nSPS) is 18.8. The Morgan fingerprint density at radius 1 is 1.43 bits per heavy atom. The second kappa shape index (κ2) is 7.83. The molecule has 1 aromatic carbocycles. The van der Waals surface area contributed by atoms with Gasteiger partial charge >= 0.3 is 0 Å². The zero-order valence-corrected chi connectivity index (χ0v) is 12.4. The molecule has 0 saturated carbocycles. The lowest BCUT2D eigenvalue weighted by Crippen LogP contribution is -2.30. The first-order chi connectivity index (χ1) is 10.2. The number of hydrogen-bond donors (Lipinski definition) is 2. The molecular formula is C15H23N3O3. The zero-order chi connectivity index (χ0) is 15.1. The van der Waals surface area contributed by atoms with Gasteiger partial charge in [-0.1, -0.05) is 13.3 Å². The summed E-state index contributed by atoms with van der Waals surface area (Å²) in [4.78, 5) is 10.7. The minimum atomic E-state index is -0.380. The van der Waals surface area contributed by atoms with Crippen molar-refractivity contribution in [1.82, 2.24) is 5.32 Å². The summed E-state index contributed by atoms with van der Waals surface area (Å²) < 4.78 is 5.54. The van der Waals surface area contributed by atoms with Crippen molar-refractivity contribution < 1.29 is 9.66 Å². The van der Waals surface area contributed by atoms with Crippen LogP contribution in [0.15, 0.2) is 18.2 Å². The molecule has 2 N–H and O–H groups in total. The molecule has 0 radical (unpaired) electrons. The minimum absolute atomic E-state index is 0.0627. The molecule has 1 fully saturated rings. The molecule has 1 aliphatic heterocycles. The van der Waals surface area contributed by atoms with Gasteiger partial charge in [0.25, 0.3) is 5.69 Å². The van der Waals surface area contributed by atoms with Gasteiger partial charge in [0.2, 0.25) is 0 Å². The second-order valence-electron chi connectivity index (χ2n) is 5.36. The highest BCUT2D eigenvalue weighted by molar-refractivity contribution is 5.56. The summed E-state index contributed by atoms with van der Waals surface area (Å²) in [5.41, 5.74) is 0.816. The first kappa shape index (κ1) is 15.6. The van der Waals surface area contributed by atoms with Crippen molar-refractivity contribution in [2.75, 3.05) is 25.0 Å². The number of non-ortho nitro benzene ring substituents is 1. The van der Waals surface area contributed by atoms with Crippen LogP contribution in [0.4, 0.5) is 11.4 Å². The number of anilines is 1. The Morgan fingerprint density at radius 3 is 3.05 bits per heavy atom. The van der Waals surface area contributed by atoms with E-state index in [1.54, 1.807) is 6.07 Å². The molecular weight excluding hydrogens is 270 g/mol. The van der Waals surface area contributed by atoms with Gasteiger partial charge in [0, 0.05) is 30.4 Å². The molecule has 0 aliphatic carbocycles. The summed E-state index contributed by atoms with van der Waals surface area (Å²) in [6.45, 7) is 4.49. The van der Waals surface area contributed by atoms with Gasteiger partial charge in [0.05, 0.1) is 17.6 Å². The average molecular weight is 293 g/mol. The highest BCUT2D eigenvalue weighted by Crippen LogP contribution is 2.27. The number of nitrogens with zero attached hydrogens (tertiary/aromatic N) is 1. The molecule has 1 aromatic rings. The number of hydrogen-bond acceptors (Lipinski definition) is 5. The molecule has 0 amide bonds. The van der Waals surface area contributed by atoms with Crippen LogP contribution in [0.2, 0.25) is 0 Å². The SMILES string of the molecule is CCCOc1cc(NC2CCCCNC2)cc([N+](=O)[O-])c1. The number of nitro benzene ring substituents is 1. The van der Waals surface area contributed by atoms with Crippen LogP contribution in [0.25, 0.3) is 0 Å². The largest absolute Gasteiger partial charge is 0.493 e. The van der Waals surface area contributed by atoms with Crippen LogP contribution in [0.3, 0.4) is 0 Å². The maximum Gasteiger partial charge on any atom is 0.275 e. The van der Waals surface area contributed by atoms with Crippen LogP contribution in [0, 0.1) is 10.1 Å². The molecule has 1 unspecified atom stereocenters. The van der Waals surface area contributed by atoms with Gasteiger partial charge in [-0.3, -0.25) is 10.1 Å². The van der Waals surface area contributed by atoms with E-state index in [2.05, 4.69) is 10.6 Å². The molecule has 6 nitrogen and oxygen atoms in total. The smallest absolute Gasteiger partial charge is 0.275 e. The number of nitro groups is 1. The Labute approximate surface area is 125 Å². The van der Waals surface area contributed by atoms with Crippen LogP contribution >= 0.6 is 0 Å². The molecule has 0 bridgehead atoms. The Kier molecular flexibility index (Phi) is 5.80. The molecule has 1 atom stereocenters. The van der Waals surface area contributed by atoms with Gasteiger partial charge in [-0.15, -0.1) is 0 Å². The Morgan fingerprint density at radius 2 is 2.29 bits per heavy atom. The summed E-state index contributed by atoms with van der Waals surface area (Å²) >= 11 is 0. The fourth-order valence-corrected chi connectivity index (χ4v) is 2.45. The number of benzene rings is 1. The molecule has 0 aromatic heterocycles. The van der Waals surface area contributed by atoms with Crippen molar-refractivity contribution in [1.29, 1.82) is 0 Å². The molecule has 1 aliphatic rings. The van der Waals surface area contributed by atoms with Crippen LogP contribution < -0.4 is 15.4 Å². The zero-order valence-electron chi connectivity index (χ0n) is 12.4. The minimum Gasteiger partial charge on any atom is -0.493 e. The molecule has 21 heavy (non-hydrogen) atoms. The molecule has 116 valence electrons. The van der Waals surface area contributed by atoms with Crippen molar-refractivity contribution in [3.05, 3.63) is 28.3 Å². The Hall–Kier alpha value is -1.82. The monoisotopic (exact) mass is 293 g/mol. The van der Waals surface area contributed by atoms with Gasteiger partial charge in [-0.05, 0) is 25.8 Å². The number of rotatable bonds is 6. The van der Waals surface area contributed by atoms with Crippen molar-refractivity contribution >= 4 is 11.4 Å². The predicted octanol–water partition coefficient (Wildman–Crippen LogP) is 2.94. The first-order valence-corrected chi connectivity index (χ1v) is 7.58. The maximum atomic E-state index is 11.0. The van der Waals surface area contributed by atoms with Gasteiger partial charge < -0.3 is 15.4 Å². The summed E-state index contributed by atoms with van der Waals surface area (Å²) in [6, 6.07) is 5.19. The average Bonchev–Trinajstić information content (AvgIpc) is 2.73. The van der Waals surface area contributed by atoms with Gasteiger partial charge in [0.15, 0.2) is 0 Å². The third-order valence-corrected chi connectivity index (χ3v) is 3.49. The second-order valence-corrected chi connectivity index (χ2v) is 5.36. The van der Waals surface area contributed by atoms with E-state index in [-0.39, 0.29) is 10.6 Å². The summed E-state index contributed by atoms with van der Waals surface area (Å²) in [5.74, 6) is 0.551. The number of nitrogens with one attached hydrogen (secondary N) is 2. The molecule has 6 heteroatoms. The van der Waals surface area contributed by atoms with E-state index >= 15 is 0 Å². The Balaban J connectivity index is 2.12. The highest BCUT2D eigenvalue weighted by Gasteiger charge is 2.15. The van der Waals surface area contributed by atoms with Crippen LogP contribution in [0.5, 0.6) is 5.75 Å². The quantitative estimate of drug-likeness (QED) is 0.623. The fraction of sp³-hybridized carbons (Fsp3) is 0.600. The molecule has 2 rings (SSSR count). The first-order valence-electron chi connectivity index (χ1n) is 7.58. The van der Waals surface area contributed by atoms with Crippen molar-refractivity contribution in [3.8, 4) is 5.75 Å². The van der Waals surface area contributed by atoms with E-state index < -0.39 is 0 Å². The maximum absolute atomic E-state index is 11.0. The van der Waals surface area contributed by atoms with Crippen LogP contribution in [-0.2, 0) is 0 Å². The third kappa shape index (κ3) is 4.90. The lowest BCUT2D eigenvalue weighted by atomic mass is 10.1. The summed E-state index contributed by atoms with van der Waals surface area (Å²) in [6.07, 6.45) is 4.29.